The number of amides is 1. The fourth-order valence-electron chi connectivity index (χ4n) is 3.72. The molecule has 0 aromatic carbocycles. The van der Waals surface area contributed by atoms with E-state index in [-0.39, 0.29) is 11.3 Å². The minimum absolute atomic E-state index is 0.194. The van der Waals surface area contributed by atoms with E-state index in [9.17, 15) is 4.79 Å². The number of likely N-dealkylation sites (tertiary alicyclic amines) is 1. The molecule has 3 nitrogen and oxygen atoms in total. The van der Waals surface area contributed by atoms with Crippen molar-refractivity contribution in [3.05, 3.63) is 44.8 Å². The first-order valence-electron chi connectivity index (χ1n) is 8.86. The number of nitrogens with one attached hydrogen (secondary N) is 1. The molecule has 5 heteroatoms. The summed E-state index contributed by atoms with van der Waals surface area (Å²) < 4.78 is 0. The van der Waals surface area contributed by atoms with E-state index >= 15 is 0 Å². The Balaban J connectivity index is 1.21. The van der Waals surface area contributed by atoms with Gasteiger partial charge in [-0.2, -0.15) is 0 Å². The molecule has 1 amide bonds. The van der Waals surface area contributed by atoms with Gasteiger partial charge in [0.2, 0.25) is 5.91 Å². The van der Waals surface area contributed by atoms with E-state index in [4.69, 9.17) is 0 Å². The SMILES string of the molecule is O=C(NCCN1CCC(c2cccs2)CC1)C1(c2cccs2)CC1. The van der Waals surface area contributed by atoms with Gasteiger partial charge < -0.3 is 10.2 Å². The van der Waals surface area contributed by atoms with Crippen molar-refractivity contribution in [2.24, 2.45) is 0 Å². The number of nitrogens with zero attached hydrogens (tertiary/aromatic N) is 1. The third-order valence-corrected chi connectivity index (χ3v) is 7.53. The van der Waals surface area contributed by atoms with Gasteiger partial charge in [-0.25, -0.2) is 0 Å². The van der Waals surface area contributed by atoms with Crippen molar-refractivity contribution in [1.82, 2.24) is 10.2 Å². The van der Waals surface area contributed by atoms with Crippen LogP contribution in [0.15, 0.2) is 35.0 Å². The predicted octanol–water partition coefficient (Wildman–Crippen LogP) is 3.84. The van der Waals surface area contributed by atoms with Crippen LogP contribution in [-0.2, 0) is 10.2 Å². The number of thiophene rings is 2. The molecule has 2 aliphatic rings. The minimum atomic E-state index is -0.194. The first-order valence-corrected chi connectivity index (χ1v) is 10.6. The lowest BCUT2D eigenvalue weighted by molar-refractivity contribution is -0.123. The molecular weight excluding hydrogens is 336 g/mol. The summed E-state index contributed by atoms with van der Waals surface area (Å²) in [5.74, 6) is 0.975. The smallest absolute Gasteiger partial charge is 0.231 e. The third kappa shape index (κ3) is 3.30. The molecular formula is C19H24N2OS2. The first-order chi connectivity index (χ1) is 11.8. The van der Waals surface area contributed by atoms with Crippen LogP contribution in [0.3, 0.4) is 0 Å². The summed E-state index contributed by atoms with van der Waals surface area (Å²) in [6.45, 7) is 4.04. The maximum absolute atomic E-state index is 12.6. The Kier molecular flexibility index (Phi) is 4.74. The van der Waals surface area contributed by atoms with Crippen molar-refractivity contribution in [3.8, 4) is 0 Å². The van der Waals surface area contributed by atoms with Gasteiger partial charge in [0, 0.05) is 22.8 Å². The molecule has 2 aromatic rings. The molecule has 1 aliphatic heterocycles. The van der Waals surface area contributed by atoms with Gasteiger partial charge in [0.25, 0.3) is 0 Å². The van der Waals surface area contributed by atoms with E-state index in [0.717, 1.165) is 44.9 Å². The molecule has 24 heavy (non-hydrogen) atoms. The van der Waals surface area contributed by atoms with E-state index < -0.39 is 0 Å². The maximum Gasteiger partial charge on any atom is 0.231 e. The standard InChI is InChI=1S/C19H24N2OS2/c22-18(19(7-8-19)17-4-2-14-24-17)20-9-12-21-10-5-15(6-11-21)16-3-1-13-23-16/h1-4,13-15H,5-12H2,(H,20,22). The summed E-state index contributed by atoms with van der Waals surface area (Å²) in [6, 6.07) is 8.58. The monoisotopic (exact) mass is 360 g/mol. The molecule has 1 saturated heterocycles. The Hall–Kier alpha value is -1.17. The van der Waals surface area contributed by atoms with Crippen molar-refractivity contribution < 1.29 is 4.79 Å². The molecule has 1 saturated carbocycles. The first kappa shape index (κ1) is 16.3. The van der Waals surface area contributed by atoms with Crippen molar-refractivity contribution in [2.75, 3.05) is 26.2 Å². The van der Waals surface area contributed by atoms with Gasteiger partial charge >= 0.3 is 0 Å². The highest BCUT2D eigenvalue weighted by molar-refractivity contribution is 7.10. The fraction of sp³-hybridized carbons (Fsp3) is 0.526. The highest BCUT2D eigenvalue weighted by Crippen LogP contribution is 2.50. The van der Waals surface area contributed by atoms with Gasteiger partial charge in [-0.15, -0.1) is 22.7 Å². The topological polar surface area (TPSA) is 32.3 Å². The summed E-state index contributed by atoms with van der Waals surface area (Å²) in [4.78, 5) is 17.8. The Morgan fingerprint density at radius 1 is 1.17 bits per heavy atom. The molecule has 0 unspecified atom stereocenters. The van der Waals surface area contributed by atoms with Gasteiger partial charge in [-0.1, -0.05) is 12.1 Å². The molecule has 2 aromatic heterocycles. The van der Waals surface area contributed by atoms with Crippen LogP contribution in [0.2, 0.25) is 0 Å². The van der Waals surface area contributed by atoms with E-state index in [1.807, 2.05) is 17.4 Å². The molecule has 0 atom stereocenters. The molecule has 2 fully saturated rings. The highest BCUT2D eigenvalue weighted by Gasteiger charge is 2.51. The quantitative estimate of drug-likeness (QED) is 0.849. The van der Waals surface area contributed by atoms with Crippen LogP contribution in [0.4, 0.5) is 0 Å². The largest absolute Gasteiger partial charge is 0.354 e. The van der Waals surface area contributed by atoms with Gasteiger partial charge in [0.05, 0.1) is 5.41 Å². The molecule has 0 spiro atoms. The van der Waals surface area contributed by atoms with Crippen LogP contribution in [0, 0.1) is 0 Å². The highest BCUT2D eigenvalue weighted by atomic mass is 32.1. The normalized spacial score (nSPS) is 20.8. The van der Waals surface area contributed by atoms with E-state index in [0.29, 0.717) is 0 Å². The predicted molar refractivity (Wildman–Crippen MR) is 101 cm³/mol. The summed E-state index contributed by atoms with van der Waals surface area (Å²) in [7, 11) is 0. The second-order valence-electron chi connectivity index (χ2n) is 6.95. The van der Waals surface area contributed by atoms with Crippen LogP contribution >= 0.6 is 22.7 Å². The molecule has 0 radical (unpaired) electrons. The zero-order chi connectivity index (χ0) is 16.4. The summed E-state index contributed by atoms with van der Waals surface area (Å²) in [6.07, 6.45) is 4.50. The van der Waals surface area contributed by atoms with Gasteiger partial charge in [-0.05, 0) is 67.6 Å². The lowest BCUT2D eigenvalue weighted by Crippen LogP contribution is -2.41. The zero-order valence-corrected chi connectivity index (χ0v) is 15.5. The van der Waals surface area contributed by atoms with Gasteiger partial charge in [0.1, 0.15) is 0 Å². The van der Waals surface area contributed by atoms with Crippen molar-refractivity contribution in [2.45, 2.75) is 37.0 Å². The van der Waals surface area contributed by atoms with E-state index in [1.54, 1.807) is 11.3 Å². The van der Waals surface area contributed by atoms with Crippen LogP contribution < -0.4 is 5.32 Å². The zero-order valence-electron chi connectivity index (χ0n) is 13.9. The second kappa shape index (κ2) is 6.98. The molecule has 128 valence electrons. The maximum atomic E-state index is 12.6. The van der Waals surface area contributed by atoms with Crippen molar-refractivity contribution in [1.29, 1.82) is 0 Å². The van der Waals surface area contributed by atoms with Crippen LogP contribution in [-0.4, -0.2) is 37.0 Å². The summed E-state index contributed by atoms with van der Waals surface area (Å²) in [5, 5.41) is 7.44. The number of hydrogen-bond acceptors (Lipinski definition) is 4. The molecule has 1 N–H and O–H groups in total. The fourth-order valence-corrected chi connectivity index (χ4v) is 5.61. The third-order valence-electron chi connectivity index (χ3n) is 5.42. The van der Waals surface area contributed by atoms with Gasteiger partial charge in [-0.3, -0.25) is 4.79 Å². The van der Waals surface area contributed by atoms with E-state index in [1.165, 1.54) is 22.6 Å². The lowest BCUT2D eigenvalue weighted by Gasteiger charge is -2.31. The molecule has 3 heterocycles. The lowest BCUT2D eigenvalue weighted by atomic mass is 9.95. The van der Waals surface area contributed by atoms with Crippen LogP contribution in [0.5, 0.6) is 0 Å². The van der Waals surface area contributed by atoms with Crippen LogP contribution in [0.1, 0.15) is 41.4 Å². The number of hydrogen-bond donors (Lipinski definition) is 1. The average Bonchev–Trinajstić information content (AvgIpc) is 3.05. The molecule has 1 aliphatic carbocycles. The second-order valence-corrected chi connectivity index (χ2v) is 8.87. The van der Waals surface area contributed by atoms with Crippen molar-refractivity contribution in [3.63, 3.8) is 0 Å². The number of rotatable bonds is 6. The van der Waals surface area contributed by atoms with Crippen LogP contribution in [0.25, 0.3) is 0 Å². The van der Waals surface area contributed by atoms with Crippen molar-refractivity contribution >= 4 is 28.6 Å². The van der Waals surface area contributed by atoms with Gasteiger partial charge in [0.15, 0.2) is 0 Å². The number of piperidine rings is 1. The summed E-state index contributed by atoms with van der Waals surface area (Å²) in [5.41, 5.74) is -0.194. The number of carbonyl (C=O) groups is 1. The molecule has 0 bridgehead atoms. The Labute approximate surface area is 151 Å². The Morgan fingerprint density at radius 3 is 2.54 bits per heavy atom. The summed E-state index contributed by atoms with van der Waals surface area (Å²) >= 11 is 3.60. The number of carbonyl (C=O) groups excluding carboxylic acids is 1. The Bertz CT molecular complexity index is 654. The minimum Gasteiger partial charge on any atom is -0.354 e. The molecule has 4 rings (SSSR count). The van der Waals surface area contributed by atoms with E-state index in [2.05, 4.69) is 39.2 Å². The Morgan fingerprint density at radius 2 is 1.92 bits per heavy atom. The average molecular weight is 361 g/mol.